The number of aliphatic hydroxyl groups excluding tert-OH is 4. The molecular weight excluding hydrogens is 364 g/mol. The molecule has 1 aliphatic heterocycles. The molecule has 0 bridgehead atoms. The number of carbonyl (C=O) groups is 1. The van der Waals surface area contributed by atoms with E-state index in [1.54, 1.807) is 0 Å². The Morgan fingerprint density at radius 1 is 1.14 bits per heavy atom. The van der Waals surface area contributed by atoms with Crippen molar-refractivity contribution >= 4 is 5.78 Å². The highest BCUT2D eigenvalue weighted by atomic mass is 16.7. The van der Waals surface area contributed by atoms with E-state index in [9.17, 15) is 25.2 Å². The van der Waals surface area contributed by atoms with Crippen molar-refractivity contribution in [2.45, 2.75) is 83.8 Å². The van der Waals surface area contributed by atoms with Gasteiger partial charge in [0, 0.05) is 6.42 Å². The SMILES string of the molecule is CC(C)=C1C/C=C(\C)C[C@H](O[C@@H]2O[C@H](CO)[C@@H](O)[C@H](O)[C@H]2O)/C=C(\C)CC1=O. The summed E-state index contributed by atoms with van der Waals surface area (Å²) in [5.74, 6) is 0.0753. The van der Waals surface area contributed by atoms with E-state index in [1.165, 1.54) is 0 Å². The molecule has 1 fully saturated rings. The van der Waals surface area contributed by atoms with E-state index < -0.39 is 43.4 Å². The number of allylic oxidation sites excluding steroid dienone is 4. The van der Waals surface area contributed by atoms with Gasteiger partial charge < -0.3 is 29.9 Å². The third-order valence-electron chi connectivity index (χ3n) is 5.19. The number of hydrogen-bond donors (Lipinski definition) is 4. The van der Waals surface area contributed by atoms with Gasteiger partial charge in [0.05, 0.1) is 12.7 Å². The van der Waals surface area contributed by atoms with Gasteiger partial charge in [0.15, 0.2) is 12.1 Å². The summed E-state index contributed by atoms with van der Waals surface area (Å²) in [6.45, 7) is 7.16. The zero-order valence-electron chi connectivity index (χ0n) is 17.0. The van der Waals surface area contributed by atoms with Crippen molar-refractivity contribution in [1.82, 2.24) is 0 Å². The Kier molecular flexibility index (Phi) is 8.12. The first-order valence-electron chi connectivity index (χ1n) is 9.62. The molecule has 0 amide bonds. The average Bonchev–Trinajstić information content (AvgIpc) is 2.61. The lowest BCUT2D eigenvalue weighted by atomic mass is 9.93. The second-order valence-corrected chi connectivity index (χ2v) is 7.92. The van der Waals surface area contributed by atoms with Gasteiger partial charge in [-0.05, 0) is 46.1 Å². The van der Waals surface area contributed by atoms with Crippen LogP contribution >= 0.6 is 0 Å². The van der Waals surface area contributed by atoms with Gasteiger partial charge in [-0.15, -0.1) is 0 Å². The number of aliphatic hydroxyl groups is 4. The van der Waals surface area contributed by atoms with Crippen LogP contribution in [0.2, 0.25) is 0 Å². The monoisotopic (exact) mass is 396 g/mol. The Balaban J connectivity index is 2.22. The van der Waals surface area contributed by atoms with Crippen LogP contribution in [-0.4, -0.2) is 69.6 Å². The van der Waals surface area contributed by atoms with Crippen molar-refractivity contribution in [3.8, 4) is 0 Å². The van der Waals surface area contributed by atoms with Crippen molar-refractivity contribution in [2.24, 2.45) is 0 Å². The molecule has 7 heteroatoms. The molecular formula is C21H32O7. The van der Waals surface area contributed by atoms with Crippen molar-refractivity contribution in [1.29, 1.82) is 0 Å². The Morgan fingerprint density at radius 3 is 2.43 bits per heavy atom. The third kappa shape index (κ3) is 5.59. The molecule has 1 aliphatic carbocycles. The van der Waals surface area contributed by atoms with E-state index >= 15 is 0 Å². The smallest absolute Gasteiger partial charge is 0.187 e. The van der Waals surface area contributed by atoms with Crippen LogP contribution < -0.4 is 0 Å². The summed E-state index contributed by atoms with van der Waals surface area (Å²) < 4.78 is 11.3. The molecule has 6 atom stereocenters. The van der Waals surface area contributed by atoms with E-state index in [-0.39, 0.29) is 12.2 Å². The van der Waals surface area contributed by atoms with E-state index in [1.807, 2.05) is 39.8 Å². The van der Waals surface area contributed by atoms with E-state index in [0.717, 1.165) is 22.3 Å². The highest BCUT2D eigenvalue weighted by Crippen LogP contribution is 2.27. The molecule has 0 spiro atoms. The maximum absolute atomic E-state index is 12.6. The minimum Gasteiger partial charge on any atom is -0.394 e. The first-order valence-corrected chi connectivity index (χ1v) is 9.62. The Morgan fingerprint density at radius 2 is 1.82 bits per heavy atom. The Labute approximate surface area is 166 Å². The molecule has 2 rings (SSSR count). The van der Waals surface area contributed by atoms with E-state index in [4.69, 9.17) is 9.47 Å². The van der Waals surface area contributed by atoms with Gasteiger partial charge in [0.25, 0.3) is 0 Å². The van der Waals surface area contributed by atoms with Gasteiger partial charge in [0.1, 0.15) is 24.4 Å². The lowest BCUT2D eigenvalue weighted by Crippen LogP contribution is -2.59. The van der Waals surface area contributed by atoms with Gasteiger partial charge in [-0.25, -0.2) is 0 Å². The summed E-state index contributed by atoms with van der Waals surface area (Å²) in [4.78, 5) is 12.6. The molecule has 7 nitrogen and oxygen atoms in total. The second-order valence-electron chi connectivity index (χ2n) is 7.92. The highest BCUT2D eigenvalue weighted by Gasteiger charge is 2.44. The summed E-state index contributed by atoms with van der Waals surface area (Å²) in [6, 6.07) is 0. The Hall–Kier alpha value is -1.35. The van der Waals surface area contributed by atoms with Crippen molar-refractivity contribution in [3.05, 3.63) is 34.4 Å². The van der Waals surface area contributed by atoms with Crippen LogP contribution in [0.15, 0.2) is 34.4 Å². The van der Waals surface area contributed by atoms with Crippen molar-refractivity contribution in [2.75, 3.05) is 6.61 Å². The lowest BCUT2D eigenvalue weighted by molar-refractivity contribution is -0.307. The molecule has 0 aromatic carbocycles. The van der Waals surface area contributed by atoms with E-state index in [2.05, 4.69) is 0 Å². The molecule has 1 heterocycles. The van der Waals surface area contributed by atoms with Gasteiger partial charge >= 0.3 is 0 Å². The zero-order chi connectivity index (χ0) is 21.0. The highest BCUT2D eigenvalue weighted by molar-refractivity contribution is 5.97. The molecule has 0 radical (unpaired) electrons. The third-order valence-corrected chi connectivity index (χ3v) is 5.19. The lowest BCUT2D eigenvalue weighted by Gasteiger charge is -2.40. The van der Waals surface area contributed by atoms with Gasteiger partial charge in [-0.2, -0.15) is 0 Å². The van der Waals surface area contributed by atoms with Gasteiger partial charge in [0.2, 0.25) is 0 Å². The molecule has 0 aromatic heterocycles. The molecule has 4 N–H and O–H groups in total. The van der Waals surface area contributed by atoms with Crippen LogP contribution in [0, 0.1) is 0 Å². The predicted molar refractivity (Wildman–Crippen MR) is 103 cm³/mol. The second kappa shape index (κ2) is 9.91. The summed E-state index contributed by atoms with van der Waals surface area (Å²) in [7, 11) is 0. The normalized spacial score (nSPS) is 39.0. The van der Waals surface area contributed by atoms with Crippen molar-refractivity contribution < 1.29 is 34.7 Å². The number of hydrogen-bond acceptors (Lipinski definition) is 7. The summed E-state index contributed by atoms with van der Waals surface area (Å²) in [6.07, 6.45) is -1.89. The largest absolute Gasteiger partial charge is 0.394 e. The fraction of sp³-hybridized carbons (Fsp3) is 0.667. The van der Waals surface area contributed by atoms with Gasteiger partial charge in [-0.3, -0.25) is 4.79 Å². The number of carbonyl (C=O) groups excluding carboxylic acids is 1. The van der Waals surface area contributed by atoms with Crippen LogP contribution in [-0.2, 0) is 14.3 Å². The maximum atomic E-state index is 12.6. The number of ketones is 1. The molecule has 158 valence electrons. The van der Waals surface area contributed by atoms with Crippen LogP contribution in [0.4, 0.5) is 0 Å². The number of Topliss-reactive ketones (excluding diaryl/α,β-unsaturated/α-hetero) is 1. The molecule has 0 aromatic rings. The first kappa shape index (κ1) is 22.9. The summed E-state index contributed by atoms with van der Waals surface area (Å²) >= 11 is 0. The fourth-order valence-electron chi connectivity index (χ4n) is 3.51. The van der Waals surface area contributed by atoms with E-state index in [0.29, 0.717) is 12.8 Å². The average molecular weight is 396 g/mol. The van der Waals surface area contributed by atoms with Crippen LogP contribution in [0.5, 0.6) is 0 Å². The summed E-state index contributed by atoms with van der Waals surface area (Å²) in [5, 5.41) is 39.4. The number of ether oxygens (including phenoxy) is 2. The first-order chi connectivity index (χ1) is 13.1. The topological polar surface area (TPSA) is 116 Å². The quantitative estimate of drug-likeness (QED) is 0.418. The van der Waals surface area contributed by atoms with Crippen molar-refractivity contribution in [3.63, 3.8) is 0 Å². The molecule has 0 saturated carbocycles. The van der Waals surface area contributed by atoms with Crippen LogP contribution in [0.1, 0.15) is 47.0 Å². The molecule has 2 aliphatic rings. The van der Waals surface area contributed by atoms with Crippen LogP contribution in [0.25, 0.3) is 0 Å². The molecule has 1 saturated heterocycles. The maximum Gasteiger partial charge on any atom is 0.187 e. The molecule has 0 unspecified atom stereocenters. The Bertz CT molecular complexity index is 658. The minimum absolute atomic E-state index is 0.0753. The fourth-order valence-corrected chi connectivity index (χ4v) is 3.51. The minimum atomic E-state index is -1.49. The number of rotatable bonds is 3. The summed E-state index contributed by atoms with van der Waals surface area (Å²) in [5.41, 5.74) is 3.69. The van der Waals surface area contributed by atoms with Crippen LogP contribution in [0.3, 0.4) is 0 Å². The zero-order valence-corrected chi connectivity index (χ0v) is 17.0. The standard InChI is InChI=1S/C21H32O7/c1-11(2)15-6-5-12(3)7-14(8-13(4)9-16(15)23)27-21-20(26)19(25)18(24)17(10-22)28-21/h5,8,14,17-22,24-26H,6-7,9-10H2,1-4H3/b12-5+,13-8+/t14-,17+,18+,19-,20+,21+/m0/s1. The van der Waals surface area contributed by atoms with Gasteiger partial charge in [-0.1, -0.05) is 28.9 Å². The predicted octanol–water partition coefficient (Wildman–Crippen LogP) is 1.15. The molecule has 28 heavy (non-hydrogen) atoms.